The fourth-order valence-electron chi connectivity index (χ4n) is 4.25. The standard InChI is InChI=1S/C26H34N4O4.CH4O/c1-26(2,3)34-25(32)30-14-10-19(11-15-30)18-33-24-27-16-22(17-28-24)20-6-8-21(9-7-20)23(31)29-12-4-5-13-29;1-2/h6-9,16-17,19H,4-5,10-15,18H2,1-3H3;2H,1H3. The molecule has 2 aliphatic heterocycles. The minimum atomic E-state index is -0.479. The van der Waals surface area contributed by atoms with Crippen molar-refractivity contribution in [1.29, 1.82) is 0 Å². The van der Waals surface area contributed by atoms with Gasteiger partial charge in [0.15, 0.2) is 0 Å². The summed E-state index contributed by atoms with van der Waals surface area (Å²) in [6, 6.07) is 7.94. The van der Waals surface area contributed by atoms with Crippen molar-refractivity contribution >= 4 is 12.0 Å². The Morgan fingerprint density at radius 3 is 2.06 bits per heavy atom. The molecular formula is C27H38N4O5. The minimum Gasteiger partial charge on any atom is -0.463 e. The van der Waals surface area contributed by atoms with Crippen LogP contribution in [-0.4, -0.2) is 82.4 Å². The molecule has 0 aliphatic carbocycles. The molecule has 1 aromatic carbocycles. The zero-order valence-electron chi connectivity index (χ0n) is 21.8. The van der Waals surface area contributed by atoms with Gasteiger partial charge in [-0.1, -0.05) is 12.1 Å². The molecule has 196 valence electrons. The van der Waals surface area contributed by atoms with Gasteiger partial charge in [0.2, 0.25) is 0 Å². The SMILES string of the molecule is CC(C)(C)OC(=O)N1CCC(COc2ncc(-c3ccc(C(=O)N4CCCC4)cc3)cn2)CC1.CO. The van der Waals surface area contributed by atoms with Crippen molar-refractivity contribution in [3.8, 4) is 17.1 Å². The number of aromatic nitrogens is 2. The third-order valence-electron chi connectivity index (χ3n) is 6.20. The third-order valence-corrected chi connectivity index (χ3v) is 6.20. The van der Waals surface area contributed by atoms with Gasteiger partial charge >= 0.3 is 12.1 Å². The molecule has 0 spiro atoms. The zero-order valence-corrected chi connectivity index (χ0v) is 21.8. The van der Waals surface area contributed by atoms with Crippen molar-refractivity contribution in [3.63, 3.8) is 0 Å². The number of rotatable bonds is 5. The highest BCUT2D eigenvalue weighted by molar-refractivity contribution is 5.94. The third kappa shape index (κ3) is 7.65. The summed E-state index contributed by atoms with van der Waals surface area (Å²) in [5.41, 5.74) is 2.06. The molecule has 3 heterocycles. The second-order valence-electron chi connectivity index (χ2n) is 10.1. The second kappa shape index (κ2) is 12.7. The Bertz CT molecular complexity index is 975. The van der Waals surface area contributed by atoms with Gasteiger partial charge in [-0.05, 0) is 70.1 Å². The van der Waals surface area contributed by atoms with Crippen LogP contribution in [0.4, 0.5) is 4.79 Å². The van der Waals surface area contributed by atoms with Crippen LogP contribution < -0.4 is 4.74 Å². The Kier molecular flexibility index (Phi) is 9.64. The van der Waals surface area contributed by atoms with Crippen molar-refractivity contribution in [2.45, 2.75) is 52.1 Å². The Morgan fingerprint density at radius 2 is 1.50 bits per heavy atom. The van der Waals surface area contributed by atoms with Gasteiger partial charge in [-0.2, -0.15) is 0 Å². The van der Waals surface area contributed by atoms with Crippen LogP contribution in [-0.2, 0) is 4.74 Å². The van der Waals surface area contributed by atoms with Gasteiger partial charge in [0.1, 0.15) is 5.60 Å². The zero-order chi connectivity index (χ0) is 26.1. The number of ether oxygens (including phenoxy) is 2. The maximum Gasteiger partial charge on any atom is 0.410 e. The maximum absolute atomic E-state index is 12.5. The van der Waals surface area contributed by atoms with Crippen molar-refractivity contribution < 1.29 is 24.2 Å². The van der Waals surface area contributed by atoms with Gasteiger partial charge in [-0.25, -0.2) is 14.8 Å². The number of benzene rings is 1. The highest BCUT2D eigenvalue weighted by Gasteiger charge is 2.27. The van der Waals surface area contributed by atoms with Gasteiger partial charge in [-0.3, -0.25) is 4.79 Å². The predicted octanol–water partition coefficient (Wildman–Crippen LogP) is 4.01. The Hall–Kier alpha value is -3.20. The number of amides is 2. The van der Waals surface area contributed by atoms with Crippen LogP contribution in [0.3, 0.4) is 0 Å². The van der Waals surface area contributed by atoms with E-state index in [4.69, 9.17) is 14.6 Å². The van der Waals surface area contributed by atoms with E-state index in [1.165, 1.54) is 0 Å². The fourth-order valence-corrected chi connectivity index (χ4v) is 4.25. The number of nitrogens with zero attached hydrogens (tertiary/aromatic N) is 4. The van der Waals surface area contributed by atoms with Crippen LogP contribution in [0.15, 0.2) is 36.7 Å². The first-order valence-electron chi connectivity index (χ1n) is 12.6. The van der Waals surface area contributed by atoms with Crippen molar-refractivity contribution in [2.24, 2.45) is 5.92 Å². The van der Waals surface area contributed by atoms with Gasteiger partial charge < -0.3 is 24.4 Å². The van der Waals surface area contributed by atoms with Crippen LogP contribution in [0.25, 0.3) is 11.1 Å². The summed E-state index contributed by atoms with van der Waals surface area (Å²) in [7, 11) is 1.00. The molecule has 36 heavy (non-hydrogen) atoms. The summed E-state index contributed by atoms with van der Waals surface area (Å²) in [4.78, 5) is 37.1. The number of hydrogen-bond acceptors (Lipinski definition) is 7. The number of carbonyl (C=O) groups excluding carboxylic acids is 2. The average Bonchev–Trinajstić information content (AvgIpc) is 3.43. The van der Waals surface area contributed by atoms with Gasteiger partial charge in [-0.15, -0.1) is 0 Å². The first-order chi connectivity index (χ1) is 17.3. The number of piperidine rings is 1. The first-order valence-corrected chi connectivity index (χ1v) is 12.6. The summed E-state index contributed by atoms with van der Waals surface area (Å²) in [5.74, 6) is 0.448. The fraction of sp³-hybridized carbons (Fsp3) is 0.556. The highest BCUT2D eigenvalue weighted by atomic mass is 16.6. The second-order valence-corrected chi connectivity index (χ2v) is 10.1. The Morgan fingerprint density at radius 1 is 0.917 bits per heavy atom. The number of aliphatic hydroxyl groups is 1. The lowest BCUT2D eigenvalue weighted by Crippen LogP contribution is -2.42. The molecule has 2 fully saturated rings. The lowest BCUT2D eigenvalue weighted by molar-refractivity contribution is 0.0163. The molecule has 0 bridgehead atoms. The molecule has 0 saturated carbocycles. The lowest BCUT2D eigenvalue weighted by Gasteiger charge is -2.33. The number of aliphatic hydroxyl groups excluding tert-OH is 1. The van der Waals surface area contributed by atoms with E-state index in [0.717, 1.165) is 57.0 Å². The van der Waals surface area contributed by atoms with E-state index in [2.05, 4.69) is 9.97 Å². The monoisotopic (exact) mass is 498 g/mol. The quantitative estimate of drug-likeness (QED) is 0.664. The molecule has 9 heteroatoms. The topological polar surface area (TPSA) is 105 Å². The molecule has 9 nitrogen and oxygen atoms in total. The van der Waals surface area contributed by atoms with E-state index in [1.807, 2.05) is 49.9 Å². The molecular weight excluding hydrogens is 460 g/mol. The minimum absolute atomic E-state index is 0.0981. The number of carbonyl (C=O) groups is 2. The van der Waals surface area contributed by atoms with E-state index in [0.29, 0.717) is 37.2 Å². The lowest BCUT2D eigenvalue weighted by atomic mass is 9.98. The predicted molar refractivity (Wildman–Crippen MR) is 137 cm³/mol. The van der Waals surface area contributed by atoms with E-state index >= 15 is 0 Å². The van der Waals surface area contributed by atoms with Crippen LogP contribution >= 0.6 is 0 Å². The van der Waals surface area contributed by atoms with E-state index in [1.54, 1.807) is 17.3 Å². The average molecular weight is 499 g/mol. The van der Waals surface area contributed by atoms with Gasteiger partial charge in [0.05, 0.1) is 6.61 Å². The molecule has 4 rings (SSSR count). The van der Waals surface area contributed by atoms with Gasteiger partial charge in [0.25, 0.3) is 5.91 Å². The van der Waals surface area contributed by atoms with E-state index in [-0.39, 0.29) is 12.0 Å². The molecule has 2 saturated heterocycles. The van der Waals surface area contributed by atoms with E-state index < -0.39 is 5.60 Å². The summed E-state index contributed by atoms with van der Waals surface area (Å²) in [6.07, 6.45) is 7.12. The van der Waals surface area contributed by atoms with Crippen LogP contribution in [0.2, 0.25) is 0 Å². The summed E-state index contributed by atoms with van der Waals surface area (Å²) in [5, 5.41) is 7.00. The highest BCUT2D eigenvalue weighted by Crippen LogP contribution is 2.23. The molecule has 2 aromatic rings. The largest absolute Gasteiger partial charge is 0.463 e. The van der Waals surface area contributed by atoms with Crippen molar-refractivity contribution in [3.05, 3.63) is 42.2 Å². The first kappa shape index (κ1) is 27.4. The molecule has 0 unspecified atom stereocenters. The number of likely N-dealkylation sites (tertiary alicyclic amines) is 2. The Labute approximate surface area is 213 Å². The molecule has 1 N–H and O–H groups in total. The smallest absolute Gasteiger partial charge is 0.410 e. The normalized spacial score (nSPS) is 16.2. The molecule has 2 aliphatic rings. The molecule has 0 radical (unpaired) electrons. The van der Waals surface area contributed by atoms with Crippen molar-refractivity contribution in [1.82, 2.24) is 19.8 Å². The van der Waals surface area contributed by atoms with Crippen molar-refractivity contribution in [2.75, 3.05) is 39.9 Å². The van der Waals surface area contributed by atoms with Gasteiger partial charge in [0, 0.05) is 56.8 Å². The maximum atomic E-state index is 12.5. The van der Waals surface area contributed by atoms with Crippen LogP contribution in [0.1, 0.15) is 56.8 Å². The molecule has 2 amide bonds. The Balaban J connectivity index is 0.00000176. The molecule has 1 aromatic heterocycles. The van der Waals surface area contributed by atoms with Crippen LogP contribution in [0, 0.1) is 5.92 Å². The summed E-state index contributed by atoms with van der Waals surface area (Å²) < 4.78 is 11.3. The number of hydrogen-bond donors (Lipinski definition) is 1. The molecule has 0 atom stereocenters. The van der Waals surface area contributed by atoms with E-state index in [9.17, 15) is 9.59 Å². The summed E-state index contributed by atoms with van der Waals surface area (Å²) >= 11 is 0. The van der Waals surface area contributed by atoms with Crippen LogP contribution in [0.5, 0.6) is 6.01 Å². The summed E-state index contributed by atoms with van der Waals surface area (Å²) in [6.45, 7) is 9.18.